The molecule has 2 heterocycles. The highest BCUT2D eigenvalue weighted by Crippen LogP contribution is 2.25. The molecule has 0 amide bonds. The Morgan fingerprint density at radius 1 is 1.25 bits per heavy atom. The third kappa shape index (κ3) is 2.56. The van der Waals surface area contributed by atoms with E-state index in [0.29, 0.717) is 11.6 Å². The molecule has 3 aromatic rings. The Kier molecular flexibility index (Phi) is 3.73. The van der Waals surface area contributed by atoms with Crippen LogP contribution in [-0.4, -0.2) is 19.7 Å². The minimum Gasteiger partial charge on any atom is -0.338 e. The van der Waals surface area contributed by atoms with Crippen LogP contribution in [0.15, 0.2) is 33.9 Å². The van der Waals surface area contributed by atoms with Gasteiger partial charge in [-0.15, -0.1) is 0 Å². The van der Waals surface area contributed by atoms with Crippen LogP contribution in [0.1, 0.15) is 25.1 Å². The second kappa shape index (κ2) is 5.66. The maximum absolute atomic E-state index is 5.23. The van der Waals surface area contributed by atoms with Gasteiger partial charge in [-0.2, -0.15) is 4.98 Å². The minimum atomic E-state index is 0.647. The second-order valence-corrected chi connectivity index (χ2v) is 5.53. The number of benzene rings is 1. The van der Waals surface area contributed by atoms with Crippen molar-refractivity contribution >= 4 is 22.8 Å². The Bertz CT molecular complexity index is 719. The molecule has 3 rings (SSSR count). The van der Waals surface area contributed by atoms with Crippen LogP contribution in [0.3, 0.4) is 0 Å². The number of imidazole rings is 1. The Morgan fingerprint density at radius 2 is 2.10 bits per heavy atom. The van der Waals surface area contributed by atoms with E-state index >= 15 is 0 Å². The third-order valence-corrected chi connectivity index (χ3v) is 4.07. The molecule has 6 heteroatoms. The average molecular weight is 288 g/mol. The summed E-state index contributed by atoms with van der Waals surface area (Å²) in [6, 6.07) is 8.11. The summed E-state index contributed by atoms with van der Waals surface area (Å²) in [6.45, 7) is 2.10. The van der Waals surface area contributed by atoms with Gasteiger partial charge in [0.1, 0.15) is 0 Å². The summed E-state index contributed by atoms with van der Waals surface area (Å²) in [4.78, 5) is 8.97. The van der Waals surface area contributed by atoms with Crippen molar-refractivity contribution in [3.05, 3.63) is 36.0 Å². The molecule has 0 N–H and O–H groups in total. The fourth-order valence-corrected chi connectivity index (χ4v) is 2.88. The van der Waals surface area contributed by atoms with Crippen molar-refractivity contribution in [1.29, 1.82) is 0 Å². The first kappa shape index (κ1) is 13.2. The number of thioether (sulfide) groups is 1. The molecular formula is C14H16N4OS. The fourth-order valence-electron chi connectivity index (χ4n) is 2.05. The van der Waals surface area contributed by atoms with E-state index in [-0.39, 0.29) is 0 Å². The lowest BCUT2D eigenvalue weighted by Gasteiger charge is -1.99. The Balaban J connectivity index is 1.74. The van der Waals surface area contributed by atoms with Gasteiger partial charge in [0.15, 0.2) is 11.0 Å². The molecule has 5 nitrogen and oxygen atoms in total. The molecule has 0 bridgehead atoms. The predicted molar refractivity (Wildman–Crippen MR) is 78.6 cm³/mol. The molecule has 0 aliphatic heterocycles. The van der Waals surface area contributed by atoms with Crippen LogP contribution in [0, 0.1) is 0 Å². The molecule has 0 radical (unpaired) electrons. The van der Waals surface area contributed by atoms with Crippen molar-refractivity contribution in [2.45, 2.75) is 30.7 Å². The summed E-state index contributed by atoms with van der Waals surface area (Å²) in [5.74, 6) is 2.09. The highest BCUT2D eigenvalue weighted by molar-refractivity contribution is 7.98. The van der Waals surface area contributed by atoms with Crippen LogP contribution in [-0.2, 0) is 19.2 Å². The number of nitrogens with zero attached hydrogens (tertiary/aromatic N) is 4. The van der Waals surface area contributed by atoms with Crippen LogP contribution >= 0.6 is 11.8 Å². The summed E-state index contributed by atoms with van der Waals surface area (Å²) < 4.78 is 7.32. The van der Waals surface area contributed by atoms with E-state index in [2.05, 4.69) is 32.7 Å². The Hall–Kier alpha value is -1.82. The lowest BCUT2D eigenvalue weighted by atomic mass is 10.3. The van der Waals surface area contributed by atoms with Crippen molar-refractivity contribution in [1.82, 2.24) is 19.7 Å². The van der Waals surface area contributed by atoms with Crippen molar-refractivity contribution < 1.29 is 4.52 Å². The highest BCUT2D eigenvalue weighted by atomic mass is 32.2. The predicted octanol–water partition coefficient (Wildman–Crippen LogP) is 3.20. The Labute approximate surface area is 121 Å². The maximum Gasteiger partial charge on any atom is 0.237 e. The van der Waals surface area contributed by atoms with Gasteiger partial charge in [0.2, 0.25) is 5.89 Å². The molecule has 0 aliphatic rings. The average Bonchev–Trinajstić information content (AvgIpc) is 3.03. The number of hydrogen-bond donors (Lipinski definition) is 0. The van der Waals surface area contributed by atoms with E-state index in [1.165, 1.54) is 0 Å². The zero-order chi connectivity index (χ0) is 13.9. The number of hydrogen-bond acceptors (Lipinski definition) is 5. The topological polar surface area (TPSA) is 56.7 Å². The normalized spacial score (nSPS) is 11.3. The molecular weight excluding hydrogens is 272 g/mol. The molecule has 0 unspecified atom stereocenters. The molecule has 2 aromatic heterocycles. The smallest absolute Gasteiger partial charge is 0.237 e. The van der Waals surface area contributed by atoms with Crippen molar-refractivity contribution in [2.75, 3.05) is 0 Å². The molecule has 104 valence electrons. The fraction of sp³-hybridized carbons (Fsp3) is 0.357. The largest absolute Gasteiger partial charge is 0.338 e. The molecule has 0 aliphatic carbocycles. The molecule has 0 fully saturated rings. The van der Waals surface area contributed by atoms with Crippen LogP contribution < -0.4 is 0 Å². The number of rotatable bonds is 5. The number of para-hydroxylation sites is 2. The van der Waals surface area contributed by atoms with E-state index in [1.807, 2.05) is 25.2 Å². The van der Waals surface area contributed by atoms with Gasteiger partial charge < -0.3 is 9.09 Å². The quantitative estimate of drug-likeness (QED) is 0.675. The first-order valence-electron chi connectivity index (χ1n) is 6.63. The SMILES string of the molecule is CCCc1noc(CSc2nc3ccccc3n2C)n1. The van der Waals surface area contributed by atoms with Gasteiger partial charge in [-0.05, 0) is 18.6 Å². The van der Waals surface area contributed by atoms with Gasteiger partial charge in [-0.3, -0.25) is 0 Å². The maximum atomic E-state index is 5.23. The van der Waals surface area contributed by atoms with E-state index in [0.717, 1.165) is 34.9 Å². The minimum absolute atomic E-state index is 0.647. The molecule has 0 atom stereocenters. The van der Waals surface area contributed by atoms with Gasteiger partial charge in [0.05, 0.1) is 16.8 Å². The second-order valence-electron chi connectivity index (χ2n) is 4.59. The summed E-state index contributed by atoms with van der Waals surface area (Å²) in [5.41, 5.74) is 2.14. The van der Waals surface area contributed by atoms with Crippen LogP contribution in [0.2, 0.25) is 0 Å². The van der Waals surface area contributed by atoms with Crippen molar-refractivity contribution in [3.8, 4) is 0 Å². The highest BCUT2D eigenvalue weighted by Gasteiger charge is 2.11. The lowest BCUT2D eigenvalue weighted by molar-refractivity contribution is 0.384. The van der Waals surface area contributed by atoms with Gasteiger partial charge >= 0.3 is 0 Å². The Morgan fingerprint density at radius 3 is 2.90 bits per heavy atom. The first-order valence-corrected chi connectivity index (χ1v) is 7.62. The van der Waals surface area contributed by atoms with Gasteiger partial charge in [0, 0.05) is 13.5 Å². The molecule has 1 aromatic carbocycles. The lowest BCUT2D eigenvalue weighted by Crippen LogP contribution is -1.91. The molecule has 20 heavy (non-hydrogen) atoms. The van der Waals surface area contributed by atoms with E-state index in [4.69, 9.17) is 4.52 Å². The van der Waals surface area contributed by atoms with Gasteiger partial charge in [-0.1, -0.05) is 36.0 Å². The van der Waals surface area contributed by atoms with Crippen LogP contribution in [0.4, 0.5) is 0 Å². The third-order valence-electron chi connectivity index (χ3n) is 3.05. The molecule has 0 saturated carbocycles. The summed E-state index contributed by atoms with van der Waals surface area (Å²) in [5, 5.41) is 4.92. The number of aromatic nitrogens is 4. The summed E-state index contributed by atoms with van der Waals surface area (Å²) in [7, 11) is 2.02. The standard InChI is InChI=1S/C14H16N4OS/c1-3-6-12-16-13(19-17-12)9-20-14-15-10-7-4-5-8-11(10)18(14)2/h4-5,7-8H,3,6,9H2,1-2H3. The number of fused-ring (bicyclic) bond motifs is 1. The van der Waals surface area contributed by atoms with E-state index < -0.39 is 0 Å². The van der Waals surface area contributed by atoms with Gasteiger partial charge in [-0.25, -0.2) is 4.98 Å². The zero-order valence-electron chi connectivity index (χ0n) is 11.5. The van der Waals surface area contributed by atoms with Crippen molar-refractivity contribution in [3.63, 3.8) is 0 Å². The molecule has 0 saturated heterocycles. The van der Waals surface area contributed by atoms with Crippen LogP contribution in [0.5, 0.6) is 0 Å². The van der Waals surface area contributed by atoms with E-state index in [9.17, 15) is 0 Å². The number of aryl methyl sites for hydroxylation is 2. The molecule has 0 spiro atoms. The van der Waals surface area contributed by atoms with Crippen LogP contribution in [0.25, 0.3) is 11.0 Å². The summed E-state index contributed by atoms with van der Waals surface area (Å²) in [6.07, 6.45) is 1.89. The first-order chi connectivity index (χ1) is 9.78. The van der Waals surface area contributed by atoms with Crippen molar-refractivity contribution in [2.24, 2.45) is 7.05 Å². The van der Waals surface area contributed by atoms with E-state index in [1.54, 1.807) is 11.8 Å². The zero-order valence-corrected chi connectivity index (χ0v) is 12.4. The summed E-state index contributed by atoms with van der Waals surface area (Å²) >= 11 is 1.61. The van der Waals surface area contributed by atoms with Gasteiger partial charge in [0.25, 0.3) is 0 Å². The monoisotopic (exact) mass is 288 g/mol.